The second-order valence-electron chi connectivity index (χ2n) is 8.55. The smallest absolute Gasteiger partial charge is 0.127 e. The van der Waals surface area contributed by atoms with Crippen LogP contribution in [0.25, 0.3) is 0 Å². The Kier molecular flexibility index (Phi) is 3.16. The Morgan fingerprint density at radius 2 is 1.82 bits per heavy atom. The minimum atomic E-state index is -1.07. The largest absolute Gasteiger partial charge is 0.390 e. The second kappa shape index (κ2) is 4.67. The highest BCUT2D eigenvalue weighted by molar-refractivity contribution is 5.24. The molecule has 2 N–H and O–H groups in total. The molecule has 0 radical (unpaired) electrons. The lowest BCUT2D eigenvalue weighted by Crippen LogP contribution is -2.51. The molecule has 1 unspecified atom stereocenters. The summed E-state index contributed by atoms with van der Waals surface area (Å²) in [7, 11) is 0. The van der Waals surface area contributed by atoms with E-state index in [-0.39, 0.29) is 22.9 Å². The summed E-state index contributed by atoms with van der Waals surface area (Å²) < 4.78 is 14.2. The standard InChI is InChI=1S/C19H27FO2/c1-18-7-5-12(21)9-11(18)3-4-13-14(18)6-8-19(2)15(13)10-16(20)17(19)22/h3-5,7,11-17,21-22H,6,8-10H2,1-2H3/t11?,12-,13-,14+,15+,16-,17+,18+,19+/m1/s1. The summed E-state index contributed by atoms with van der Waals surface area (Å²) in [5, 5.41) is 20.2. The third-order valence-electron chi connectivity index (χ3n) is 7.60. The molecule has 4 aliphatic carbocycles. The highest BCUT2D eigenvalue weighted by Crippen LogP contribution is 2.63. The third kappa shape index (κ3) is 1.78. The lowest BCUT2D eigenvalue weighted by molar-refractivity contribution is -0.0651. The minimum Gasteiger partial charge on any atom is -0.390 e. The van der Waals surface area contributed by atoms with Crippen molar-refractivity contribution in [3.05, 3.63) is 24.3 Å². The van der Waals surface area contributed by atoms with Gasteiger partial charge in [-0.3, -0.25) is 0 Å². The molecular formula is C19H27FO2. The zero-order chi connectivity index (χ0) is 15.7. The van der Waals surface area contributed by atoms with Gasteiger partial charge in [-0.2, -0.15) is 0 Å². The van der Waals surface area contributed by atoms with Crippen molar-refractivity contribution in [2.24, 2.45) is 34.5 Å². The Hall–Kier alpha value is -0.670. The van der Waals surface area contributed by atoms with Gasteiger partial charge in [0, 0.05) is 0 Å². The summed E-state index contributed by atoms with van der Waals surface area (Å²) in [6, 6.07) is 0. The fourth-order valence-corrected chi connectivity index (χ4v) is 6.12. The maximum atomic E-state index is 14.2. The summed E-state index contributed by atoms with van der Waals surface area (Å²) in [6.45, 7) is 4.39. The van der Waals surface area contributed by atoms with E-state index in [2.05, 4.69) is 32.1 Å². The average molecular weight is 306 g/mol. The summed E-state index contributed by atoms with van der Waals surface area (Å²) in [4.78, 5) is 0. The molecule has 9 atom stereocenters. The molecule has 4 rings (SSSR count). The molecule has 0 saturated heterocycles. The quantitative estimate of drug-likeness (QED) is 0.675. The van der Waals surface area contributed by atoms with Crippen LogP contribution < -0.4 is 0 Å². The molecule has 0 aromatic carbocycles. The Bertz CT molecular complexity index is 530. The fourth-order valence-electron chi connectivity index (χ4n) is 6.12. The number of halogens is 1. The van der Waals surface area contributed by atoms with Gasteiger partial charge in [-0.05, 0) is 60.2 Å². The summed E-state index contributed by atoms with van der Waals surface area (Å²) in [5.74, 6) is 1.48. The summed E-state index contributed by atoms with van der Waals surface area (Å²) in [6.07, 6.45) is 9.74. The van der Waals surface area contributed by atoms with Crippen molar-refractivity contribution in [3.63, 3.8) is 0 Å². The molecule has 0 heterocycles. The first kappa shape index (κ1) is 14.9. The monoisotopic (exact) mass is 306 g/mol. The SMILES string of the molecule is C[C@]12CC[C@H]3[C@@H](C=CC4C[C@H](O)C=C[C@@]43C)[C@@H]1C[C@@H](F)[C@@H]2O. The Morgan fingerprint density at radius 1 is 1.05 bits per heavy atom. The molecule has 2 saturated carbocycles. The highest BCUT2D eigenvalue weighted by atomic mass is 19.1. The topological polar surface area (TPSA) is 40.5 Å². The van der Waals surface area contributed by atoms with Crippen LogP contribution in [0.5, 0.6) is 0 Å². The van der Waals surface area contributed by atoms with E-state index in [0.717, 1.165) is 19.3 Å². The number of aliphatic hydroxyl groups is 2. The number of hydrogen-bond acceptors (Lipinski definition) is 2. The molecule has 4 aliphatic rings. The maximum absolute atomic E-state index is 14.2. The van der Waals surface area contributed by atoms with Crippen molar-refractivity contribution >= 4 is 0 Å². The summed E-state index contributed by atoms with van der Waals surface area (Å²) in [5.41, 5.74) is -0.203. The molecule has 122 valence electrons. The van der Waals surface area contributed by atoms with Crippen molar-refractivity contribution in [2.75, 3.05) is 0 Å². The van der Waals surface area contributed by atoms with Gasteiger partial charge >= 0.3 is 0 Å². The van der Waals surface area contributed by atoms with E-state index < -0.39 is 12.3 Å². The van der Waals surface area contributed by atoms with E-state index in [1.807, 2.05) is 6.08 Å². The van der Waals surface area contributed by atoms with Crippen molar-refractivity contribution in [1.29, 1.82) is 0 Å². The van der Waals surface area contributed by atoms with Crippen LogP contribution in [0.4, 0.5) is 4.39 Å². The lowest BCUT2D eigenvalue weighted by atomic mass is 9.48. The van der Waals surface area contributed by atoms with Crippen LogP contribution in [0.1, 0.15) is 39.5 Å². The van der Waals surface area contributed by atoms with Crippen LogP contribution in [0.3, 0.4) is 0 Å². The van der Waals surface area contributed by atoms with E-state index in [1.54, 1.807) is 0 Å². The molecular weight excluding hydrogens is 279 g/mol. The first-order chi connectivity index (χ1) is 10.4. The van der Waals surface area contributed by atoms with Gasteiger partial charge in [0.1, 0.15) is 6.17 Å². The number of fused-ring (bicyclic) bond motifs is 5. The van der Waals surface area contributed by atoms with Crippen LogP contribution in [-0.2, 0) is 0 Å². The lowest BCUT2D eigenvalue weighted by Gasteiger charge is -2.56. The van der Waals surface area contributed by atoms with Crippen LogP contribution >= 0.6 is 0 Å². The van der Waals surface area contributed by atoms with Gasteiger partial charge in [0.05, 0.1) is 12.2 Å². The highest BCUT2D eigenvalue weighted by Gasteiger charge is 2.60. The van der Waals surface area contributed by atoms with Crippen LogP contribution in [0.2, 0.25) is 0 Å². The minimum absolute atomic E-state index is 0.0688. The van der Waals surface area contributed by atoms with Gasteiger partial charge in [-0.1, -0.05) is 38.2 Å². The molecule has 0 aromatic rings. The van der Waals surface area contributed by atoms with Crippen molar-refractivity contribution in [3.8, 4) is 0 Å². The average Bonchev–Trinajstić information content (AvgIpc) is 2.72. The molecule has 22 heavy (non-hydrogen) atoms. The van der Waals surface area contributed by atoms with Gasteiger partial charge in [-0.25, -0.2) is 4.39 Å². The predicted molar refractivity (Wildman–Crippen MR) is 83.8 cm³/mol. The Morgan fingerprint density at radius 3 is 2.59 bits per heavy atom. The van der Waals surface area contributed by atoms with Crippen molar-refractivity contribution < 1.29 is 14.6 Å². The van der Waals surface area contributed by atoms with Gasteiger partial charge < -0.3 is 10.2 Å². The third-order valence-corrected chi connectivity index (χ3v) is 7.60. The van der Waals surface area contributed by atoms with E-state index in [0.29, 0.717) is 24.2 Å². The second-order valence-corrected chi connectivity index (χ2v) is 8.55. The molecule has 0 bridgehead atoms. The van der Waals surface area contributed by atoms with E-state index >= 15 is 0 Å². The molecule has 0 amide bonds. The first-order valence-electron chi connectivity index (χ1n) is 8.74. The number of allylic oxidation sites excluding steroid dienone is 3. The molecule has 0 aromatic heterocycles. The zero-order valence-electron chi connectivity index (χ0n) is 13.5. The summed E-state index contributed by atoms with van der Waals surface area (Å²) >= 11 is 0. The normalized spacial score (nSPS) is 59.8. The Balaban J connectivity index is 1.71. The van der Waals surface area contributed by atoms with Gasteiger partial charge in [0.25, 0.3) is 0 Å². The van der Waals surface area contributed by atoms with Crippen LogP contribution in [0, 0.1) is 34.5 Å². The van der Waals surface area contributed by atoms with E-state index in [9.17, 15) is 14.6 Å². The fraction of sp³-hybridized carbons (Fsp3) is 0.789. The number of aliphatic hydroxyl groups excluding tert-OH is 2. The molecule has 2 fully saturated rings. The van der Waals surface area contributed by atoms with E-state index in [4.69, 9.17) is 0 Å². The van der Waals surface area contributed by atoms with Gasteiger partial charge in [-0.15, -0.1) is 0 Å². The predicted octanol–water partition coefficient (Wildman–Crippen LogP) is 3.25. The molecule has 0 aliphatic heterocycles. The zero-order valence-corrected chi connectivity index (χ0v) is 13.5. The van der Waals surface area contributed by atoms with Crippen molar-refractivity contribution in [2.45, 2.75) is 57.9 Å². The van der Waals surface area contributed by atoms with E-state index in [1.165, 1.54) is 0 Å². The van der Waals surface area contributed by atoms with Gasteiger partial charge in [0.15, 0.2) is 0 Å². The Labute approximate surface area is 132 Å². The van der Waals surface area contributed by atoms with Crippen LogP contribution in [-0.4, -0.2) is 28.6 Å². The molecule has 0 spiro atoms. The number of hydrogen-bond donors (Lipinski definition) is 2. The molecule has 3 heteroatoms. The van der Waals surface area contributed by atoms with Gasteiger partial charge in [0.2, 0.25) is 0 Å². The van der Waals surface area contributed by atoms with Crippen LogP contribution in [0.15, 0.2) is 24.3 Å². The number of alkyl halides is 1. The maximum Gasteiger partial charge on any atom is 0.127 e. The first-order valence-corrected chi connectivity index (χ1v) is 8.74. The number of rotatable bonds is 0. The van der Waals surface area contributed by atoms with Crippen molar-refractivity contribution in [1.82, 2.24) is 0 Å². The molecule has 2 nitrogen and oxygen atoms in total.